The van der Waals surface area contributed by atoms with Crippen molar-refractivity contribution in [3.63, 3.8) is 0 Å². The van der Waals surface area contributed by atoms with E-state index in [1.165, 1.54) is 0 Å². The van der Waals surface area contributed by atoms with Gasteiger partial charge in [-0.3, -0.25) is 9.78 Å². The second-order valence-electron chi connectivity index (χ2n) is 4.72. The topological polar surface area (TPSA) is 39.2 Å². The molecule has 18 heavy (non-hydrogen) atoms. The molecule has 2 aromatic rings. The molecular formula is C15H15NO2. The quantitative estimate of drug-likeness (QED) is 0.759. The van der Waals surface area contributed by atoms with Crippen LogP contribution in [0.25, 0.3) is 10.9 Å². The third kappa shape index (κ3) is 1.81. The number of ketones is 1. The van der Waals surface area contributed by atoms with Crippen LogP contribution in [0.3, 0.4) is 0 Å². The summed E-state index contributed by atoms with van der Waals surface area (Å²) in [6, 6.07) is 9.62. The Balaban J connectivity index is 2.06. The van der Waals surface area contributed by atoms with Gasteiger partial charge in [0.1, 0.15) is 0 Å². The lowest BCUT2D eigenvalue weighted by Crippen LogP contribution is -2.22. The van der Waals surface area contributed by atoms with Crippen LogP contribution in [0, 0.1) is 5.92 Å². The highest BCUT2D eigenvalue weighted by molar-refractivity contribution is 6.07. The monoisotopic (exact) mass is 241 g/mol. The molecule has 0 amide bonds. The summed E-state index contributed by atoms with van der Waals surface area (Å²) in [6.07, 6.45) is 2.55. The van der Waals surface area contributed by atoms with Gasteiger partial charge >= 0.3 is 0 Å². The lowest BCUT2D eigenvalue weighted by molar-refractivity contribution is 0.0765. The number of Topliss-reactive ketones (excluding diaryl/α,β-unsaturated/α-hetero) is 1. The smallest absolute Gasteiger partial charge is 0.170 e. The average Bonchev–Trinajstić information content (AvgIpc) is 2.83. The summed E-state index contributed by atoms with van der Waals surface area (Å²) in [6.45, 7) is 2.64. The maximum atomic E-state index is 12.6. The van der Waals surface area contributed by atoms with Crippen molar-refractivity contribution in [3.8, 4) is 0 Å². The van der Waals surface area contributed by atoms with E-state index in [-0.39, 0.29) is 17.8 Å². The zero-order valence-corrected chi connectivity index (χ0v) is 10.3. The number of hydrogen-bond donors (Lipinski definition) is 0. The molecular weight excluding hydrogens is 226 g/mol. The Morgan fingerprint density at radius 2 is 2.17 bits per heavy atom. The second kappa shape index (κ2) is 4.50. The van der Waals surface area contributed by atoms with Crippen molar-refractivity contribution >= 4 is 16.7 Å². The summed E-state index contributed by atoms with van der Waals surface area (Å²) >= 11 is 0. The molecule has 2 heterocycles. The predicted octanol–water partition coefficient (Wildman–Crippen LogP) is 2.84. The van der Waals surface area contributed by atoms with E-state index in [0.717, 1.165) is 22.9 Å². The second-order valence-corrected chi connectivity index (χ2v) is 4.72. The molecule has 1 fully saturated rings. The summed E-state index contributed by atoms with van der Waals surface area (Å²) in [5.74, 6) is 0.127. The number of nitrogens with zero attached hydrogens (tertiary/aromatic N) is 1. The van der Waals surface area contributed by atoms with Crippen LogP contribution >= 0.6 is 0 Å². The van der Waals surface area contributed by atoms with Gasteiger partial charge in [0.25, 0.3) is 0 Å². The average molecular weight is 241 g/mol. The number of hydrogen-bond acceptors (Lipinski definition) is 3. The molecule has 92 valence electrons. The van der Waals surface area contributed by atoms with Gasteiger partial charge in [-0.25, -0.2) is 0 Å². The summed E-state index contributed by atoms with van der Waals surface area (Å²) in [5.41, 5.74) is 1.51. The molecule has 1 aromatic heterocycles. The maximum Gasteiger partial charge on any atom is 0.170 e. The minimum Gasteiger partial charge on any atom is -0.378 e. The number of ether oxygens (including phenoxy) is 1. The van der Waals surface area contributed by atoms with Crippen molar-refractivity contribution in [2.75, 3.05) is 6.61 Å². The first kappa shape index (κ1) is 11.4. The number of fused-ring (bicyclic) bond motifs is 1. The molecule has 0 spiro atoms. The number of carbonyl (C=O) groups excluding carboxylic acids is 1. The third-order valence-electron chi connectivity index (χ3n) is 3.61. The van der Waals surface area contributed by atoms with Crippen LogP contribution in [0.2, 0.25) is 0 Å². The number of para-hydroxylation sites is 1. The SMILES string of the molecule is CC1OCCC1C(=O)c1cccc2cccnc12. The van der Waals surface area contributed by atoms with E-state index >= 15 is 0 Å². The number of rotatable bonds is 2. The highest BCUT2D eigenvalue weighted by Crippen LogP contribution is 2.27. The van der Waals surface area contributed by atoms with Crippen LogP contribution in [0.1, 0.15) is 23.7 Å². The van der Waals surface area contributed by atoms with Gasteiger partial charge in [0.05, 0.1) is 17.5 Å². The zero-order chi connectivity index (χ0) is 12.5. The molecule has 0 N–H and O–H groups in total. The van der Waals surface area contributed by atoms with E-state index < -0.39 is 0 Å². The van der Waals surface area contributed by atoms with Crippen molar-refractivity contribution in [3.05, 3.63) is 42.1 Å². The summed E-state index contributed by atoms with van der Waals surface area (Å²) < 4.78 is 5.48. The molecule has 2 atom stereocenters. The normalized spacial score (nSPS) is 23.4. The molecule has 2 unspecified atom stereocenters. The van der Waals surface area contributed by atoms with Gasteiger partial charge in [-0.2, -0.15) is 0 Å². The van der Waals surface area contributed by atoms with Gasteiger partial charge in [0.2, 0.25) is 0 Å². The minimum absolute atomic E-state index is 0.0106. The van der Waals surface area contributed by atoms with Gasteiger partial charge in [-0.1, -0.05) is 18.2 Å². The van der Waals surface area contributed by atoms with Crippen LogP contribution < -0.4 is 0 Å². The predicted molar refractivity (Wildman–Crippen MR) is 69.6 cm³/mol. The lowest BCUT2D eigenvalue weighted by atomic mass is 9.91. The molecule has 1 aliphatic heterocycles. The fourth-order valence-electron chi connectivity index (χ4n) is 2.58. The molecule has 0 saturated carbocycles. The number of carbonyl (C=O) groups is 1. The van der Waals surface area contributed by atoms with Gasteiger partial charge in [-0.15, -0.1) is 0 Å². The third-order valence-corrected chi connectivity index (χ3v) is 3.61. The van der Waals surface area contributed by atoms with Crippen LogP contribution in [0.15, 0.2) is 36.5 Å². The number of pyridine rings is 1. The zero-order valence-electron chi connectivity index (χ0n) is 10.3. The molecule has 1 saturated heterocycles. The first-order chi connectivity index (χ1) is 8.77. The summed E-state index contributed by atoms with van der Waals surface area (Å²) in [4.78, 5) is 16.9. The van der Waals surface area contributed by atoms with Crippen molar-refractivity contribution in [1.29, 1.82) is 0 Å². The van der Waals surface area contributed by atoms with Crippen LogP contribution in [-0.4, -0.2) is 23.5 Å². The van der Waals surface area contributed by atoms with Crippen molar-refractivity contribution < 1.29 is 9.53 Å². The van der Waals surface area contributed by atoms with Gasteiger partial charge in [-0.05, 0) is 25.5 Å². The van der Waals surface area contributed by atoms with E-state index in [1.807, 2.05) is 37.3 Å². The molecule has 0 bridgehead atoms. The fourth-order valence-corrected chi connectivity index (χ4v) is 2.58. The number of aromatic nitrogens is 1. The molecule has 1 aromatic carbocycles. The van der Waals surface area contributed by atoms with Gasteiger partial charge in [0.15, 0.2) is 5.78 Å². The maximum absolute atomic E-state index is 12.6. The Morgan fingerprint density at radius 1 is 1.33 bits per heavy atom. The Bertz CT molecular complexity index is 589. The molecule has 0 aliphatic carbocycles. The molecule has 1 aliphatic rings. The Morgan fingerprint density at radius 3 is 2.94 bits per heavy atom. The Hall–Kier alpha value is -1.74. The largest absolute Gasteiger partial charge is 0.378 e. The van der Waals surface area contributed by atoms with Crippen LogP contribution in [0.5, 0.6) is 0 Å². The fraction of sp³-hybridized carbons (Fsp3) is 0.333. The van der Waals surface area contributed by atoms with Crippen molar-refractivity contribution in [2.24, 2.45) is 5.92 Å². The van der Waals surface area contributed by atoms with E-state index in [1.54, 1.807) is 6.20 Å². The van der Waals surface area contributed by atoms with E-state index in [0.29, 0.717) is 6.61 Å². The van der Waals surface area contributed by atoms with Crippen molar-refractivity contribution in [1.82, 2.24) is 4.98 Å². The highest BCUT2D eigenvalue weighted by atomic mass is 16.5. The van der Waals surface area contributed by atoms with Gasteiger partial charge in [0, 0.05) is 23.8 Å². The number of benzene rings is 1. The standard InChI is InChI=1S/C15H15NO2/c1-10-12(7-9-18-10)15(17)13-6-2-4-11-5-3-8-16-14(11)13/h2-6,8,10,12H,7,9H2,1H3. The molecule has 0 radical (unpaired) electrons. The minimum atomic E-state index is -0.0300. The van der Waals surface area contributed by atoms with Crippen LogP contribution in [-0.2, 0) is 4.74 Å². The van der Waals surface area contributed by atoms with E-state index in [4.69, 9.17) is 4.74 Å². The summed E-state index contributed by atoms with van der Waals surface area (Å²) in [7, 11) is 0. The lowest BCUT2D eigenvalue weighted by Gasteiger charge is -2.13. The van der Waals surface area contributed by atoms with E-state index in [2.05, 4.69) is 4.98 Å². The molecule has 3 heteroatoms. The van der Waals surface area contributed by atoms with Gasteiger partial charge < -0.3 is 4.74 Å². The molecule has 3 rings (SSSR count). The van der Waals surface area contributed by atoms with Crippen molar-refractivity contribution in [2.45, 2.75) is 19.4 Å². The first-order valence-electron chi connectivity index (χ1n) is 6.27. The van der Waals surface area contributed by atoms with Crippen LogP contribution in [0.4, 0.5) is 0 Å². The van der Waals surface area contributed by atoms with E-state index in [9.17, 15) is 4.79 Å². The first-order valence-corrected chi connectivity index (χ1v) is 6.27. The Labute approximate surface area is 106 Å². The Kier molecular flexibility index (Phi) is 2.84. The molecule has 3 nitrogen and oxygen atoms in total. The highest BCUT2D eigenvalue weighted by Gasteiger charge is 2.32. The summed E-state index contributed by atoms with van der Waals surface area (Å²) in [5, 5.41) is 1.01.